The first kappa shape index (κ1) is 21.7. The van der Waals surface area contributed by atoms with Crippen LogP contribution in [-0.4, -0.2) is 19.7 Å². The number of esters is 1. The van der Waals surface area contributed by atoms with Gasteiger partial charge < -0.3 is 9.47 Å². The Bertz CT molecular complexity index is 1110. The lowest BCUT2D eigenvalue weighted by atomic mass is 10.1. The molecule has 3 aromatic rings. The SMILES string of the molecule is C=C(C/C=C/c1ccccc1)COC(=O)c1ccccc1C#Cc1ccc(OC)cc1. The third-order valence-electron chi connectivity index (χ3n) is 4.50. The Balaban J connectivity index is 1.59. The Morgan fingerprint density at radius 2 is 1.65 bits per heavy atom. The van der Waals surface area contributed by atoms with Crippen LogP contribution in [0.5, 0.6) is 5.75 Å². The third-order valence-corrected chi connectivity index (χ3v) is 4.50. The largest absolute Gasteiger partial charge is 0.497 e. The molecular formula is C28H24O3. The van der Waals surface area contributed by atoms with E-state index in [1.165, 1.54) is 0 Å². The average molecular weight is 408 g/mol. The van der Waals surface area contributed by atoms with Gasteiger partial charge in [0.2, 0.25) is 0 Å². The van der Waals surface area contributed by atoms with E-state index in [2.05, 4.69) is 18.4 Å². The minimum atomic E-state index is -0.409. The van der Waals surface area contributed by atoms with Gasteiger partial charge in [-0.05, 0) is 54.0 Å². The van der Waals surface area contributed by atoms with Gasteiger partial charge in [0.1, 0.15) is 12.4 Å². The second-order valence-electron chi connectivity index (χ2n) is 6.87. The van der Waals surface area contributed by atoms with Gasteiger partial charge in [-0.15, -0.1) is 0 Å². The van der Waals surface area contributed by atoms with Crippen molar-refractivity contribution in [2.24, 2.45) is 0 Å². The lowest BCUT2D eigenvalue weighted by Crippen LogP contribution is -2.09. The summed E-state index contributed by atoms with van der Waals surface area (Å²) in [5, 5.41) is 0. The van der Waals surface area contributed by atoms with E-state index in [9.17, 15) is 4.79 Å². The monoisotopic (exact) mass is 408 g/mol. The molecule has 3 nitrogen and oxygen atoms in total. The third kappa shape index (κ3) is 6.76. The molecule has 0 heterocycles. The number of carbonyl (C=O) groups is 1. The summed E-state index contributed by atoms with van der Waals surface area (Å²) in [6.45, 7) is 4.16. The quantitative estimate of drug-likeness (QED) is 0.277. The molecule has 0 amide bonds. The summed E-state index contributed by atoms with van der Waals surface area (Å²) in [7, 11) is 1.62. The first-order valence-corrected chi connectivity index (χ1v) is 9.96. The van der Waals surface area contributed by atoms with Gasteiger partial charge in [0.15, 0.2) is 0 Å². The van der Waals surface area contributed by atoms with Crippen molar-refractivity contribution in [3.05, 3.63) is 119 Å². The Labute approximate surface area is 183 Å². The van der Waals surface area contributed by atoms with E-state index >= 15 is 0 Å². The zero-order chi connectivity index (χ0) is 21.9. The Morgan fingerprint density at radius 3 is 2.39 bits per heavy atom. The van der Waals surface area contributed by atoms with Crippen LogP contribution in [0, 0.1) is 11.8 Å². The molecule has 0 saturated heterocycles. The predicted molar refractivity (Wildman–Crippen MR) is 125 cm³/mol. The van der Waals surface area contributed by atoms with Gasteiger partial charge in [-0.2, -0.15) is 0 Å². The smallest absolute Gasteiger partial charge is 0.339 e. The van der Waals surface area contributed by atoms with E-state index in [4.69, 9.17) is 9.47 Å². The van der Waals surface area contributed by atoms with Crippen molar-refractivity contribution >= 4 is 12.0 Å². The second kappa shape index (κ2) is 11.2. The van der Waals surface area contributed by atoms with Crippen LogP contribution in [0.15, 0.2) is 97.1 Å². The highest BCUT2D eigenvalue weighted by Gasteiger charge is 2.11. The van der Waals surface area contributed by atoms with Crippen LogP contribution < -0.4 is 4.74 Å². The molecular weight excluding hydrogens is 384 g/mol. The molecule has 0 spiro atoms. The minimum Gasteiger partial charge on any atom is -0.497 e. The standard InChI is InChI=1S/C28H24O3/c1-22(9-8-12-23-10-4-3-5-11-23)21-31-28(29)27-14-7-6-13-25(27)18-15-24-16-19-26(30-2)20-17-24/h3-8,10-14,16-17,19-20H,1,9,21H2,2H3/b12-8+. The van der Waals surface area contributed by atoms with Crippen molar-refractivity contribution in [2.75, 3.05) is 13.7 Å². The maximum Gasteiger partial charge on any atom is 0.339 e. The first-order chi connectivity index (χ1) is 15.2. The molecule has 0 fully saturated rings. The lowest BCUT2D eigenvalue weighted by Gasteiger charge is -2.07. The summed E-state index contributed by atoms with van der Waals surface area (Å²) in [4.78, 5) is 12.6. The van der Waals surface area contributed by atoms with E-state index in [1.54, 1.807) is 19.2 Å². The van der Waals surface area contributed by atoms with Crippen LogP contribution in [0.25, 0.3) is 6.08 Å². The van der Waals surface area contributed by atoms with E-state index in [0.29, 0.717) is 17.5 Å². The normalized spacial score (nSPS) is 10.2. The van der Waals surface area contributed by atoms with Gasteiger partial charge in [-0.25, -0.2) is 4.79 Å². The molecule has 0 aliphatic rings. The average Bonchev–Trinajstić information content (AvgIpc) is 2.82. The molecule has 0 aliphatic heterocycles. The van der Waals surface area contributed by atoms with Gasteiger partial charge in [-0.1, -0.05) is 73.0 Å². The maximum absolute atomic E-state index is 12.6. The number of hydrogen-bond donors (Lipinski definition) is 0. The number of methoxy groups -OCH3 is 1. The molecule has 0 bridgehead atoms. The van der Waals surface area contributed by atoms with Crippen LogP contribution in [-0.2, 0) is 4.74 Å². The molecule has 31 heavy (non-hydrogen) atoms. The van der Waals surface area contributed by atoms with Gasteiger partial charge in [0, 0.05) is 11.1 Å². The maximum atomic E-state index is 12.6. The number of ether oxygens (including phenoxy) is 2. The highest BCUT2D eigenvalue weighted by atomic mass is 16.5. The number of rotatable bonds is 7. The minimum absolute atomic E-state index is 0.165. The van der Waals surface area contributed by atoms with E-state index < -0.39 is 5.97 Å². The van der Waals surface area contributed by atoms with Crippen molar-refractivity contribution in [2.45, 2.75) is 6.42 Å². The molecule has 0 unspecified atom stereocenters. The second-order valence-corrected chi connectivity index (χ2v) is 6.87. The Morgan fingerprint density at radius 1 is 0.935 bits per heavy atom. The highest BCUT2D eigenvalue weighted by molar-refractivity contribution is 5.92. The molecule has 154 valence electrons. The summed E-state index contributed by atoms with van der Waals surface area (Å²) < 4.78 is 10.6. The van der Waals surface area contributed by atoms with Crippen molar-refractivity contribution in [3.8, 4) is 17.6 Å². The summed E-state index contributed by atoms with van der Waals surface area (Å²) in [6.07, 6.45) is 4.68. The Kier molecular flexibility index (Phi) is 7.85. The van der Waals surface area contributed by atoms with Crippen LogP contribution in [0.1, 0.15) is 33.5 Å². The number of allylic oxidation sites excluding steroid dienone is 1. The van der Waals surface area contributed by atoms with Crippen molar-refractivity contribution in [3.63, 3.8) is 0 Å². The first-order valence-electron chi connectivity index (χ1n) is 9.96. The zero-order valence-corrected chi connectivity index (χ0v) is 17.5. The zero-order valence-electron chi connectivity index (χ0n) is 17.5. The van der Waals surface area contributed by atoms with Crippen LogP contribution >= 0.6 is 0 Å². The van der Waals surface area contributed by atoms with Crippen molar-refractivity contribution in [1.29, 1.82) is 0 Å². The fourth-order valence-corrected chi connectivity index (χ4v) is 2.81. The summed E-state index contributed by atoms with van der Waals surface area (Å²) >= 11 is 0. The van der Waals surface area contributed by atoms with Crippen LogP contribution in [0.3, 0.4) is 0 Å². The molecule has 0 aliphatic carbocycles. The highest BCUT2D eigenvalue weighted by Crippen LogP contribution is 2.13. The molecule has 0 aromatic heterocycles. The van der Waals surface area contributed by atoms with Crippen LogP contribution in [0.4, 0.5) is 0 Å². The molecule has 0 saturated carbocycles. The number of carbonyl (C=O) groups excluding carboxylic acids is 1. The van der Waals surface area contributed by atoms with E-state index in [0.717, 1.165) is 22.4 Å². The lowest BCUT2D eigenvalue weighted by molar-refractivity contribution is 0.0538. The number of hydrogen-bond acceptors (Lipinski definition) is 3. The molecule has 0 atom stereocenters. The van der Waals surface area contributed by atoms with E-state index in [-0.39, 0.29) is 6.61 Å². The molecule has 0 radical (unpaired) electrons. The fourth-order valence-electron chi connectivity index (χ4n) is 2.81. The summed E-state index contributed by atoms with van der Waals surface area (Å²) in [5.74, 6) is 6.50. The Hall–Kier alpha value is -4.03. The molecule has 3 heteroatoms. The van der Waals surface area contributed by atoms with Gasteiger partial charge in [-0.3, -0.25) is 0 Å². The van der Waals surface area contributed by atoms with Crippen LogP contribution in [0.2, 0.25) is 0 Å². The predicted octanol–water partition coefficient (Wildman–Crippen LogP) is 5.91. The summed E-state index contributed by atoms with van der Waals surface area (Å²) in [6, 6.07) is 24.7. The van der Waals surface area contributed by atoms with Gasteiger partial charge in [0.05, 0.1) is 12.7 Å². The van der Waals surface area contributed by atoms with Gasteiger partial charge in [0.25, 0.3) is 0 Å². The van der Waals surface area contributed by atoms with E-state index in [1.807, 2.05) is 78.9 Å². The molecule has 3 aromatic carbocycles. The molecule has 0 N–H and O–H groups in total. The topological polar surface area (TPSA) is 35.5 Å². The van der Waals surface area contributed by atoms with Crippen molar-refractivity contribution in [1.82, 2.24) is 0 Å². The molecule has 3 rings (SSSR count). The fraction of sp³-hybridized carbons (Fsp3) is 0.107. The summed E-state index contributed by atoms with van der Waals surface area (Å²) in [5.41, 5.74) is 3.84. The number of benzene rings is 3. The van der Waals surface area contributed by atoms with Crippen molar-refractivity contribution < 1.29 is 14.3 Å². The van der Waals surface area contributed by atoms with Gasteiger partial charge >= 0.3 is 5.97 Å².